The zero-order chi connectivity index (χ0) is 19.4. The van der Waals surface area contributed by atoms with Gasteiger partial charge in [-0.2, -0.15) is 13.2 Å². The summed E-state index contributed by atoms with van der Waals surface area (Å²) in [7, 11) is 0. The summed E-state index contributed by atoms with van der Waals surface area (Å²) in [5.74, 6) is -0.215. The molecule has 27 heavy (non-hydrogen) atoms. The van der Waals surface area contributed by atoms with Gasteiger partial charge in [0.05, 0.1) is 11.8 Å². The average Bonchev–Trinajstić information content (AvgIpc) is 3.17. The maximum atomic E-state index is 12.6. The van der Waals surface area contributed by atoms with Gasteiger partial charge >= 0.3 is 12.1 Å². The van der Waals surface area contributed by atoms with Gasteiger partial charge in [0.25, 0.3) is 0 Å². The molecule has 0 radical (unpaired) electrons. The second kappa shape index (κ2) is 7.23. The molecule has 2 heterocycles. The maximum Gasteiger partial charge on any atom is 0.416 e. The molecule has 8 nitrogen and oxygen atoms in total. The van der Waals surface area contributed by atoms with Crippen LogP contribution in [0.3, 0.4) is 0 Å². The molecule has 0 fully saturated rings. The lowest BCUT2D eigenvalue weighted by Crippen LogP contribution is -2.30. The van der Waals surface area contributed by atoms with Crippen molar-refractivity contribution in [2.24, 2.45) is 0 Å². The second-order valence-corrected chi connectivity index (χ2v) is 5.24. The van der Waals surface area contributed by atoms with E-state index in [0.29, 0.717) is 5.69 Å². The number of nitrogens with one attached hydrogen (secondary N) is 3. The van der Waals surface area contributed by atoms with E-state index < -0.39 is 17.6 Å². The molecule has 0 spiro atoms. The Balaban J connectivity index is 1.70. The zero-order valence-corrected chi connectivity index (χ0v) is 13.5. The maximum absolute atomic E-state index is 12.6. The molecular formula is C16H13F3N6O2. The highest BCUT2D eigenvalue weighted by molar-refractivity contribution is 5.92. The Morgan fingerprint density at radius 1 is 1.07 bits per heavy atom. The molecule has 0 aliphatic carbocycles. The van der Waals surface area contributed by atoms with E-state index in [9.17, 15) is 18.0 Å². The van der Waals surface area contributed by atoms with Gasteiger partial charge in [-0.05, 0) is 36.4 Å². The van der Waals surface area contributed by atoms with Crippen LogP contribution in [0.2, 0.25) is 0 Å². The average molecular weight is 378 g/mol. The summed E-state index contributed by atoms with van der Waals surface area (Å²) < 4.78 is 42.8. The van der Waals surface area contributed by atoms with Crippen molar-refractivity contribution in [1.82, 2.24) is 15.4 Å². The first-order valence-electron chi connectivity index (χ1n) is 7.49. The Kier molecular flexibility index (Phi) is 4.83. The van der Waals surface area contributed by atoms with Gasteiger partial charge in [-0.3, -0.25) is 15.6 Å². The standard InChI is InChI=1S/C16H13F3N6O2/c17-16(18,19)9-3-5-10(6-4-9)23-13-12(20)14(22-8-21-13)24-25-15(26)11-2-1-7-27-11/h1-8H,20H2,(H,25,26)(H2,21,22,23,24). The molecule has 3 aromatic rings. The number of rotatable bonds is 5. The van der Waals surface area contributed by atoms with Crippen LogP contribution >= 0.6 is 0 Å². The smallest absolute Gasteiger partial charge is 0.416 e. The number of aromatic nitrogens is 2. The predicted molar refractivity (Wildman–Crippen MR) is 91.0 cm³/mol. The third kappa shape index (κ3) is 4.26. The van der Waals surface area contributed by atoms with Gasteiger partial charge in [0.2, 0.25) is 0 Å². The molecule has 1 aromatic carbocycles. The number of halogens is 3. The molecule has 3 rings (SSSR count). The highest BCUT2D eigenvalue weighted by Crippen LogP contribution is 2.31. The van der Waals surface area contributed by atoms with Crippen LogP contribution in [0.5, 0.6) is 0 Å². The Morgan fingerprint density at radius 3 is 2.41 bits per heavy atom. The summed E-state index contributed by atoms with van der Waals surface area (Å²) in [5, 5.41) is 2.79. The van der Waals surface area contributed by atoms with Crippen LogP contribution in [0.1, 0.15) is 16.1 Å². The number of carbonyl (C=O) groups excluding carboxylic acids is 1. The van der Waals surface area contributed by atoms with E-state index in [0.717, 1.165) is 12.1 Å². The first kappa shape index (κ1) is 18.0. The summed E-state index contributed by atoms with van der Waals surface area (Å²) in [6.07, 6.45) is -1.90. The van der Waals surface area contributed by atoms with Crippen molar-refractivity contribution in [3.8, 4) is 0 Å². The van der Waals surface area contributed by atoms with Crippen molar-refractivity contribution in [3.05, 3.63) is 60.3 Å². The third-order valence-electron chi connectivity index (χ3n) is 3.40. The van der Waals surface area contributed by atoms with Crippen molar-refractivity contribution in [2.75, 3.05) is 16.5 Å². The predicted octanol–water partition coefficient (Wildman–Crippen LogP) is 3.17. The number of alkyl halides is 3. The van der Waals surface area contributed by atoms with E-state index in [1.807, 2.05) is 0 Å². The molecule has 0 unspecified atom stereocenters. The molecule has 0 atom stereocenters. The number of benzene rings is 1. The van der Waals surface area contributed by atoms with Crippen molar-refractivity contribution in [1.29, 1.82) is 0 Å². The SMILES string of the molecule is Nc1c(NNC(=O)c2ccco2)ncnc1Nc1ccc(C(F)(F)F)cc1. The molecule has 5 N–H and O–H groups in total. The second-order valence-electron chi connectivity index (χ2n) is 5.24. The summed E-state index contributed by atoms with van der Waals surface area (Å²) >= 11 is 0. The summed E-state index contributed by atoms with van der Waals surface area (Å²) in [5.41, 5.74) is 10.4. The van der Waals surface area contributed by atoms with Crippen molar-refractivity contribution in [3.63, 3.8) is 0 Å². The van der Waals surface area contributed by atoms with Crippen LogP contribution in [0, 0.1) is 0 Å². The van der Waals surface area contributed by atoms with Crippen LogP contribution in [-0.4, -0.2) is 15.9 Å². The van der Waals surface area contributed by atoms with Crippen LogP contribution in [0.4, 0.5) is 36.2 Å². The summed E-state index contributed by atoms with van der Waals surface area (Å²) in [6, 6.07) is 7.38. The van der Waals surface area contributed by atoms with E-state index in [-0.39, 0.29) is 23.1 Å². The van der Waals surface area contributed by atoms with E-state index in [4.69, 9.17) is 10.2 Å². The number of amides is 1. The number of carbonyl (C=O) groups is 1. The number of hydrazine groups is 1. The topological polar surface area (TPSA) is 118 Å². The Hall–Kier alpha value is -3.76. The van der Waals surface area contributed by atoms with Crippen LogP contribution in [0.15, 0.2) is 53.4 Å². The minimum atomic E-state index is -4.42. The number of hydrogen-bond donors (Lipinski definition) is 4. The number of hydrogen-bond acceptors (Lipinski definition) is 7. The molecule has 1 amide bonds. The number of anilines is 4. The molecule has 0 saturated heterocycles. The summed E-state index contributed by atoms with van der Waals surface area (Å²) in [6.45, 7) is 0. The van der Waals surface area contributed by atoms with Gasteiger partial charge in [-0.15, -0.1) is 0 Å². The Labute approximate surface area is 150 Å². The zero-order valence-electron chi connectivity index (χ0n) is 13.5. The molecule has 2 aromatic heterocycles. The number of furan rings is 1. The van der Waals surface area contributed by atoms with E-state index in [1.54, 1.807) is 6.07 Å². The fourth-order valence-corrected chi connectivity index (χ4v) is 2.06. The normalized spacial score (nSPS) is 11.1. The lowest BCUT2D eigenvalue weighted by molar-refractivity contribution is -0.137. The molecular weight excluding hydrogens is 365 g/mol. The van der Waals surface area contributed by atoms with Gasteiger partial charge in [0.1, 0.15) is 12.0 Å². The molecule has 0 saturated carbocycles. The Morgan fingerprint density at radius 2 is 1.78 bits per heavy atom. The monoisotopic (exact) mass is 378 g/mol. The lowest BCUT2D eigenvalue weighted by Gasteiger charge is -2.13. The number of nitrogens with two attached hydrogens (primary N) is 1. The van der Waals surface area contributed by atoms with Crippen molar-refractivity contribution in [2.45, 2.75) is 6.18 Å². The first-order valence-corrected chi connectivity index (χ1v) is 7.49. The first-order chi connectivity index (χ1) is 12.8. The minimum Gasteiger partial charge on any atom is -0.459 e. The number of nitrogens with zero attached hydrogens (tertiary/aromatic N) is 2. The van der Waals surface area contributed by atoms with E-state index >= 15 is 0 Å². The fraction of sp³-hybridized carbons (Fsp3) is 0.0625. The largest absolute Gasteiger partial charge is 0.459 e. The quantitative estimate of drug-likeness (QED) is 0.504. The third-order valence-corrected chi connectivity index (χ3v) is 3.40. The van der Waals surface area contributed by atoms with Crippen molar-refractivity contribution < 1.29 is 22.4 Å². The minimum absolute atomic E-state index is 0.0529. The van der Waals surface area contributed by atoms with Gasteiger partial charge < -0.3 is 15.5 Å². The summed E-state index contributed by atoms with van der Waals surface area (Å²) in [4.78, 5) is 19.7. The lowest BCUT2D eigenvalue weighted by atomic mass is 10.2. The molecule has 0 aliphatic rings. The van der Waals surface area contributed by atoms with Gasteiger partial charge in [0.15, 0.2) is 17.4 Å². The van der Waals surface area contributed by atoms with Crippen molar-refractivity contribution >= 4 is 28.9 Å². The van der Waals surface area contributed by atoms with Gasteiger partial charge in [0, 0.05) is 5.69 Å². The Bertz CT molecular complexity index is 926. The number of nitrogen functional groups attached to an aromatic ring is 1. The molecule has 0 aliphatic heterocycles. The van der Waals surface area contributed by atoms with Crippen LogP contribution in [0.25, 0.3) is 0 Å². The fourth-order valence-electron chi connectivity index (χ4n) is 2.06. The van der Waals surface area contributed by atoms with E-state index in [1.165, 1.54) is 30.8 Å². The molecule has 0 bridgehead atoms. The molecule has 11 heteroatoms. The highest BCUT2D eigenvalue weighted by Gasteiger charge is 2.29. The van der Waals surface area contributed by atoms with Gasteiger partial charge in [-0.25, -0.2) is 9.97 Å². The van der Waals surface area contributed by atoms with E-state index in [2.05, 4.69) is 26.1 Å². The van der Waals surface area contributed by atoms with Gasteiger partial charge in [-0.1, -0.05) is 0 Å². The van der Waals surface area contributed by atoms with Crippen LogP contribution in [-0.2, 0) is 6.18 Å². The molecule has 140 valence electrons. The highest BCUT2D eigenvalue weighted by atomic mass is 19.4. The van der Waals surface area contributed by atoms with Crippen LogP contribution < -0.4 is 21.9 Å².